The van der Waals surface area contributed by atoms with Crippen LogP contribution in [0.4, 0.5) is 0 Å². The number of hydrogen-bond acceptors (Lipinski definition) is 15. The zero-order valence-corrected chi connectivity index (χ0v) is 63.4. The molecule has 17 nitrogen and oxygen atoms in total. The third-order valence-electron chi connectivity index (χ3n) is 17.3. The van der Waals surface area contributed by atoms with Crippen LogP contribution < -0.4 is 0 Å². The van der Waals surface area contributed by atoms with E-state index in [9.17, 15) is 43.2 Å². The fourth-order valence-electron chi connectivity index (χ4n) is 11.4. The van der Waals surface area contributed by atoms with Gasteiger partial charge in [-0.3, -0.25) is 37.3 Å². The quantitative estimate of drug-likeness (QED) is 0.0222. The average molecular weight is 1380 g/mol. The van der Waals surface area contributed by atoms with Gasteiger partial charge in [-0.25, -0.2) is 9.13 Å². The Hall–Kier alpha value is -1.94. The molecule has 0 aromatic heterocycles. The molecule has 0 aromatic rings. The maximum absolute atomic E-state index is 13.1. The van der Waals surface area contributed by atoms with Crippen LogP contribution in [0.15, 0.2) is 0 Å². The molecule has 0 aliphatic heterocycles. The molecule has 3 unspecified atom stereocenters. The highest BCUT2D eigenvalue weighted by Gasteiger charge is 2.30. The molecular weight excluding hydrogens is 1230 g/mol. The van der Waals surface area contributed by atoms with Crippen LogP contribution in [0.3, 0.4) is 0 Å². The normalized spacial score (nSPS) is 14.2. The summed E-state index contributed by atoms with van der Waals surface area (Å²) in [6.07, 6.45) is 48.9. The highest BCUT2D eigenvalue weighted by Crippen LogP contribution is 2.45. The Morgan fingerprint density at radius 1 is 0.266 bits per heavy atom. The summed E-state index contributed by atoms with van der Waals surface area (Å²) >= 11 is 0. The van der Waals surface area contributed by atoms with Crippen molar-refractivity contribution in [3.8, 4) is 0 Å². The monoisotopic (exact) mass is 1380 g/mol. The van der Waals surface area contributed by atoms with Gasteiger partial charge in [-0.1, -0.05) is 325 Å². The Labute approximate surface area is 575 Å². The Bertz CT molecular complexity index is 1850. The molecule has 0 aromatic carbocycles. The zero-order chi connectivity index (χ0) is 69.6. The number of aliphatic hydroxyl groups excluding tert-OH is 1. The van der Waals surface area contributed by atoms with Gasteiger partial charge >= 0.3 is 39.5 Å². The first-order valence-electron chi connectivity index (χ1n) is 38.7. The van der Waals surface area contributed by atoms with Crippen LogP contribution in [0.25, 0.3) is 0 Å². The maximum atomic E-state index is 13.1. The predicted molar refractivity (Wildman–Crippen MR) is 381 cm³/mol. The lowest BCUT2D eigenvalue weighted by atomic mass is 10.0. The molecule has 0 aliphatic carbocycles. The molecule has 558 valence electrons. The van der Waals surface area contributed by atoms with E-state index >= 15 is 0 Å². The van der Waals surface area contributed by atoms with Gasteiger partial charge in [0.25, 0.3) is 0 Å². The number of ether oxygens (including phenoxy) is 4. The van der Waals surface area contributed by atoms with E-state index in [0.29, 0.717) is 37.5 Å². The first kappa shape index (κ1) is 92.1. The van der Waals surface area contributed by atoms with Gasteiger partial charge in [-0.15, -0.1) is 0 Å². The van der Waals surface area contributed by atoms with Gasteiger partial charge in [0, 0.05) is 25.7 Å². The Morgan fingerprint density at radius 2 is 0.447 bits per heavy atom. The average Bonchev–Trinajstić information content (AvgIpc) is 1.30. The molecule has 0 amide bonds. The van der Waals surface area contributed by atoms with Crippen LogP contribution in [0, 0.1) is 23.7 Å². The van der Waals surface area contributed by atoms with Crippen molar-refractivity contribution in [2.75, 3.05) is 39.6 Å². The second kappa shape index (κ2) is 64.4. The molecule has 0 saturated carbocycles. The van der Waals surface area contributed by atoms with E-state index < -0.39 is 97.5 Å². The van der Waals surface area contributed by atoms with Crippen molar-refractivity contribution < 1.29 is 80.2 Å². The standard InChI is InChI=1S/C75H146O17P2/c1-65(2)51-43-35-27-22-18-14-11-9-10-12-16-20-24-30-39-47-55-72(77)85-61-70(91-74(79)57-49-41-31-25-21-17-13-15-19-23-28-36-44-52-66(3)4)63-89-93(81,82)87-59-69(76)60-88-94(83,84)90-64-71(92-75(80)58-50-42-34-33-38-46-54-68(7)8)62-86-73(78)56-48-40-32-26-29-37-45-53-67(5)6/h65-71,76H,9-64H2,1-8H3,(H,81,82)(H,83,84)/t69?,70-,71-/m1/s1. The molecule has 0 spiro atoms. The molecule has 0 radical (unpaired) electrons. The number of phosphoric ester groups is 2. The summed E-state index contributed by atoms with van der Waals surface area (Å²) in [5.74, 6) is 0.846. The molecule has 94 heavy (non-hydrogen) atoms. The molecule has 3 N–H and O–H groups in total. The smallest absolute Gasteiger partial charge is 0.462 e. The fraction of sp³-hybridized carbons (Fsp3) is 0.947. The highest BCUT2D eigenvalue weighted by molar-refractivity contribution is 7.47. The fourth-order valence-corrected chi connectivity index (χ4v) is 13.0. The molecule has 0 heterocycles. The molecule has 0 fully saturated rings. The summed E-state index contributed by atoms with van der Waals surface area (Å²) in [5, 5.41) is 10.6. The lowest BCUT2D eigenvalue weighted by molar-refractivity contribution is -0.161. The van der Waals surface area contributed by atoms with Crippen LogP contribution in [-0.4, -0.2) is 96.7 Å². The van der Waals surface area contributed by atoms with E-state index in [1.807, 2.05) is 0 Å². The van der Waals surface area contributed by atoms with E-state index in [1.54, 1.807) is 0 Å². The Balaban J connectivity index is 5.20. The van der Waals surface area contributed by atoms with Gasteiger partial charge in [0.2, 0.25) is 0 Å². The molecule has 0 aliphatic rings. The predicted octanol–water partition coefficient (Wildman–Crippen LogP) is 21.7. The van der Waals surface area contributed by atoms with Gasteiger partial charge in [-0.05, 0) is 49.4 Å². The summed E-state index contributed by atoms with van der Waals surface area (Å²) in [6.45, 7) is 14.1. The number of carbonyl (C=O) groups is 4. The number of carbonyl (C=O) groups excluding carboxylic acids is 4. The molecular formula is C75H146O17P2. The summed E-state index contributed by atoms with van der Waals surface area (Å²) in [4.78, 5) is 72.7. The van der Waals surface area contributed by atoms with Crippen LogP contribution in [0.2, 0.25) is 0 Å². The first-order valence-corrected chi connectivity index (χ1v) is 41.7. The lowest BCUT2D eigenvalue weighted by Crippen LogP contribution is -2.30. The van der Waals surface area contributed by atoms with Crippen molar-refractivity contribution in [1.82, 2.24) is 0 Å². The van der Waals surface area contributed by atoms with Crippen LogP contribution >= 0.6 is 15.6 Å². The number of aliphatic hydroxyl groups is 1. The zero-order valence-electron chi connectivity index (χ0n) is 61.6. The van der Waals surface area contributed by atoms with Crippen molar-refractivity contribution in [3.05, 3.63) is 0 Å². The summed E-state index contributed by atoms with van der Waals surface area (Å²) in [5.41, 5.74) is 0. The molecule has 5 atom stereocenters. The third kappa shape index (κ3) is 68.6. The molecule has 0 saturated heterocycles. The minimum atomic E-state index is -4.96. The van der Waals surface area contributed by atoms with Gasteiger partial charge in [0.1, 0.15) is 19.3 Å². The minimum Gasteiger partial charge on any atom is -0.462 e. The third-order valence-corrected chi connectivity index (χ3v) is 19.2. The van der Waals surface area contributed by atoms with Crippen molar-refractivity contribution in [2.45, 2.75) is 395 Å². The van der Waals surface area contributed by atoms with Crippen LogP contribution in [0.5, 0.6) is 0 Å². The van der Waals surface area contributed by atoms with Crippen molar-refractivity contribution in [3.63, 3.8) is 0 Å². The summed E-state index contributed by atoms with van der Waals surface area (Å²) in [6, 6.07) is 0. The number of hydrogen-bond donors (Lipinski definition) is 3. The summed E-state index contributed by atoms with van der Waals surface area (Å²) in [7, 11) is -9.91. The van der Waals surface area contributed by atoms with Crippen LogP contribution in [0.1, 0.15) is 376 Å². The number of unbranched alkanes of at least 4 members (excludes halogenated alkanes) is 38. The van der Waals surface area contributed by atoms with Gasteiger partial charge in [0.05, 0.1) is 26.4 Å². The Morgan fingerprint density at radius 3 is 0.660 bits per heavy atom. The largest absolute Gasteiger partial charge is 0.472 e. The first-order chi connectivity index (χ1) is 45.1. The number of esters is 4. The van der Waals surface area contributed by atoms with E-state index in [1.165, 1.54) is 173 Å². The van der Waals surface area contributed by atoms with E-state index in [0.717, 1.165) is 108 Å². The Kier molecular flexibility index (Phi) is 63.1. The molecule has 0 bridgehead atoms. The van der Waals surface area contributed by atoms with Gasteiger partial charge in [-0.2, -0.15) is 0 Å². The van der Waals surface area contributed by atoms with Crippen molar-refractivity contribution in [1.29, 1.82) is 0 Å². The van der Waals surface area contributed by atoms with Crippen LogP contribution in [-0.2, 0) is 65.4 Å². The molecule has 0 rings (SSSR count). The van der Waals surface area contributed by atoms with E-state index in [2.05, 4.69) is 55.4 Å². The number of rotatable bonds is 72. The van der Waals surface area contributed by atoms with E-state index in [4.69, 9.17) is 37.0 Å². The number of phosphoric acid groups is 2. The van der Waals surface area contributed by atoms with Gasteiger partial charge in [0.15, 0.2) is 12.2 Å². The molecule has 19 heteroatoms. The SMILES string of the molecule is CC(C)CCCCCCCCCCCCCCCCCCC(=O)OC[C@H](COP(=O)(O)OCC(O)COP(=O)(O)OC[C@@H](COC(=O)CCCCCCCCCC(C)C)OC(=O)CCCCCCCCC(C)C)OC(=O)CCCCCCCCCCCCCCCC(C)C. The second-order valence-corrected chi connectivity index (χ2v) is 31.9. The lowest BCUT2D eigenvalue weighted by Gasteiger charge is -2.21. The summed E-state index contributed by atoms with van der Waals surface area (Å²) < 4.78 is 68.4. The second-order valence-electron chi connectivity index (χ2n) is 28.9. The maximum Gasteiger partial charge on any atom is 0.472 e. The minimum absolute atomic E-state index is 0.101. The topological polar surface area (TPSA) is 237 Å². The van der Waals surface area contributed by atoms with Crippen molar-refractivity contribution >= 4 is 39.5 Å². The van der Waals surface area contributed by atoms with E-state index in [-0.39, 0.29) is 25.7 Å². The van der Waals surface area contributed by atoms with Gasteiger partial charge < -0.3 is 33.8 Å². The highest BCUT2D eigenvalue weighted by atomic mass is 31.2. The van der Waals surface area contributed by atoms with Crippen molar-refractivity contribution in [2.24, 2.45) is 23.7 Å².